The molecule has 1 fully saturated rings. The summed E-state index contributed by atoms with van der Waals surface area (Å²) in [7, 11) is 2.23. The van der Waals surface area contributed by atoms with E-state index in [4.69, 9.17) is 18.8 Å². The molecule has 0 radical (unpaired) electrons. The molecule has 29 heavy (non-hydrogen) atoms. The van der Waals surface area contributed by atoms with Gasteiger partial charge in [-0.1, -0.05) is 0 Å². The first kappa shape index (κ1) is 23.2. The Labute approximate surface area is 173 Å². The number of carbonyl (C=O) groups is 2. The van der Waals surface area contributed by atoms with Crippen LogP contribution in [-0.4, -0.2) is 50.1 Å². The molecule has 0 aromatic heterocycles. The van der Waals surface area contributed by atoms with Crippen LogP contribution in [-0.2, 0) is 18.8 Å². The summed E-state index contributed by atoms with van der Waals surface area (Å²) in [4.78, 5) is 26.3. The van der Waals surface area contributed by atoms with Gasteiger partial charge in [0.2, 0.25) is 0 Å². The standard InChI is InChI=1S/C21H32BNO6/c1-13-15(17(24)26-10)11-14(23(9)18(25)27-19(2,3)4)12-16(13)22-28-20(5,6)21(7,8)29-22/h11-12H,1-10H3. The summed E-state index contributed by atoms with van der Waals surface area (Å²) < 4.78 is 22.7. The topological polar surface area (TPSA) is 74.3 Å². The third-order valence-corrected chi connectivity index (χ3v) is 5.40. The Bertz CT molecular complexity index is 796. The number of amides is 1. The summed E-state index contributed by atoms with van der Waals surface area (Å²) in [5.74, 6) is -0.500. The molecule has 1 aromatic rings. The molecule has 1 saturated heterocycles. The molecule has 1 aliphatic heterocycles. The lowest BCUT2D eigenvalue weighted by atomic mass is 9.74. The first-order valence-corrected chi connectivity index (χ1v) is 9.65. The second-order valence-electron chi connectivity index (χ2n) is 9.33. The number of esters is 1. The first-order valence-electron chi connectivity index (χ1n) is 9.65. The van der Waals surface area contributed by atoms with E-state index in [1.807, 2.05) is 34.6 Å². The molecule has 0 atom stereocenters. The van der Waals surface area contributed by atoms with Crippen LogP contribution in [0.2, 0.25) is 0 Å². The van der Waals surface area contributed by atoms with Crippen LogP contribution in [0.3, 0.4) is 0 Å². The van der Waals surface area contributed by atoms with Crippen molar-refractivity contribution < 1.29 is 28.4 Å². The number of hydrogen-bond acceptors (Lipinski definition) is 6. The maximum atomic E-state index is 12.6. The lowest BCUT2D eigenvalue weighted by Gasteiger charge is -2.32. The Kier molecular flexibility index (Phi) is 6.13. The van der Waals surface area contributed by atoms with Crippen LogP contribution in [0.25, 0.3) is 0 Å². The smallest absolute Gasteiger partial charge is 0.465 e. The Hall–Kier alpha value is -2.06. The lowest BCUT2D eigenvalue weighted by Crippen LogP contribution is -2.41. The first-order chi connectivity index (χ1) is 13.1. The van der Waals surface area contributed by atoms with Crippen molar-refractivity contribution in [2.24, 2.45) is 0 Å². The van der Waals surface area contributed by atoms with Crippen LogP contribution in [0, 0.1) is 6.92 Å². The Morgan fingerprint density at radius 1 is 1.07 bits per heavy atom. The number of ether oxygens (including phenoxy) is 2. The third kappa shape index (κ3) is 4.75. The Morgan fingerprint density at radius 3 is 2.03 bits per heavy atom. The van der Waals surface area contributed by atoms with Crippen molar-refractivity contribution in [3.05, 3.63) is 23.3 Å². The van der Waals surface area contributed by atoms with Crippen LogP contribution in [0.4, 0.5) is 10.5 Å². The van der Waals surface area contributed by atoms with Gasteiger partial charge in [-0.05, 0) is 78.5 Å². The summed E-state index contributed by atoms with van der Waals surface area (Å²) >= 11 is 0. The Balaban J connectivity index is 2.54. The molecule has 2 rings (SSSR count). The van der Waals surface area contributed by atoms with Crippen LogP contribution in [0.1, 0.15) is 64.4 Å². The molecule has 0 spiro atoms. The second kappa shape index (κ2) is 7.65. The van der Waals surface area contributed by atoms with Crippen LogP contribution in [0.5, 0.6) is 0 Å². The molecule has 0 aliphatic carbocycles. The normalized spacial score (nSPS) is 17.8. The van der Waals surface area contributed by atoms with Gasteiger partial charge in [0.25, 0.3) is 0 Å². The monoisotopic (exact) mass is 405 g/mol. The molecule has 1 heterocycles. The molecule has 0 bridgehead atoms. The molecule has 160 valence electrons. The number of hydrogen-bond donors (Lipinski definition) is 0. The molecule has 0 N–H and O–H groups in total. The molecule has 1 aliphatic rings. The van der Waals surface area contributed by atoms with E-state index in [0.717, 1.165) is 0 Å². The van der Waals surface area contributed by atoms with E-state index >= 15 is 0 Å². The van der Waals surface area contributed by atoms with Crippen LogP contribution < -0.4 is 10.4 Å². The number of rotatable bonds is 3. The van der Waals surface area contributed by atoms with E-state index in [9.17, 15) is 9.59 Å². The Morgan fingerprint density at radius 2 is 1.59 bits per heavy atom. The van der Waals surface area contributed by atoms with Gasteiger partial charge in [0.15, 0.2) is 0 Å². The molecule has 1 amide bonds. The summed E-state index contributed by atoms with van der Waals surface area (Å²) in [6.07, 6.45) is -0.531. The van der Waals surface area contributed by atoms with E-state index in [-0.39, 0.29) is 0 Å². The highest BCUT2D eigenvalue weighted by molar-refractivity contribution is 6.63. The molecule has 8 heteroatoms. The minimum absolute atomic E-state index is 0.338. The van der Waals surface area contributed by atoms with Crippen LogP contribution in [0.15, 0.2) is 12.1 Å². The molecular formula is C21H32BNO6. The van der Waals surface area contributed by atoms with Crippen molar-refractivity contribution in [3.8, 4) is 0 Å². The SMILES string of the molecule is COC(=O)c1cc(N(C)C(=O)OC(C)(C)C)cc(B2OC(C)(C)C(C)(C)O2)c1C. The van der Waals surface area contributed by atoms with Gasteiger partial charge in [0.05, 0.1) is 23.9 Å². The molecule has 7 nitrogen and oxygen atoms in total. The zero-order valence-electron chi connectivity index (χ0n) is 19.1. The van der Waals surface area contributed by atoms with Crippen molar-refractivity contribution in [1.82, 2.24) is 0 Å². The number of anilines is 1. The maximum Gasteiger partial charge on any atom is 0.495 e. The summed E-state index contributed by atoms with van der Waals surface area (Å²) in [6.45, 7) is 15.0. The van der Waals surface area contributed by atoms with E-state index in [0.29, 0.717) is 22.3 Å². The number of methoxy groups -OCH3 is 1. The second-order valence-corrected chi connectivity index (χ2v) is 9.33. The molecule has 0 unspecified atom stereocenters. The van der Waals surface area contributed by atoms with Crippen molar-refractivity contribution in [3.63, 3.8) is 0 Å². The molecule has 0 saturated carbocycles. The van der Waals surface area contributed by atoms with Gasteiger partial charge in [-0.2, -0.15) is 0 Å². The van der Waals surface area contributed by atoms with Gasteiger partial charge in [-0.25, -0.2) is 9.59 Å². The van der Waals surface area contributed by atoms with Crippen molar-refractivity contribution >= 4 is 30.3 Å². The largest absolute Gasteiger partial charge is 0.495 e. The fourth-order valence-electron chi connectivity index (χ4n) is 2.89. The molecule has 1 aromatic carbocycles. The predicted molar refractivity (Wildman–Crippen MR) is 113 cm³/mol. The fourth-order valence-corrected chi connectivity index (χ4v) is 2.89. The van der Waals surface area contributed by atoms with Gasteiger partial charge in [0.1, 0.15) is 5.60 Å². The van der Waals surface area contributed by atoms with E-state index < -0.39 is 36.0 Å². The van der Waals surface area contributed by atoms with Gasteiger partial charge in [0, 0.05) is 12.7 Å². The predicted octanol–water partition coefficient (Wildman–Crippen LogP) is 3.45. The van der Waals surface area contributed by atoms with E-state index in [1.54, 1.807) is 40.0 Å². The highest BCUT2D eigenvalue weighted by atomic mass is 16.7. The minimum atomic E-state index is -0.685. The highest BCUT2D eigenvalue weighted by Crippen LogP contribution is 2.37. The summed E-state index contributed by atoms with van der Waals surface area (Å²) in [6, 6.07) is 3.40. The third-order valence-electron chi connectivity index (χ3n) is 5.40. The van der Waals surface area contributed by atoms with Gasteiger partial charge < -0.3 is 18.8 Å². The van der Waals surface area contributed by atoms with E-state index in [1.165, 1.54) is 12.0 Å². The highest BCUT2D eigenvalue weighted by Gasteiger charge is 2.52. The van der Waals surface area contributed by atoms with Crippen molar-refractivity contribution in [2.75, 3.05) is 19.1 Å². The average molecular weight is 405 g/mol. The van der Waals surface area contributed by atoms with Gasteiger partial charge in [-0.15, -0.1) is 0 Å². The zero-order chi connectivity index (χ0) is 22.4. The van der Waals surface area contributed by atoms with Gasteiger partial charge in [-0.3, -0.25) is 4.90 Å². The molecular weight excluding hydrogens is 373 g/mol. The number of carbonyl (C=O) groups excluding carboxylic acids is 2. The quantitative estimate of drug-likeness (QED) is 0.567. The maximum absolute atomic E-state index is 12.6. The van der Waals surface area contributed by atoms with Crippen molar-refractivity contribution in [1.29, 1.82) is 0 Å². The number of nitrogens with zero attached hydrogens (tertiary/aromatic N) is 1. The number of benzene rings is 1. The summed E-state index contributed by atoms with van der Waals surface area (Å²) in [5.41, 5.74) is 0.440. The summed E-state index contributed by atoms with van der Waals surface area (Å²) in [5, 5.41) is 0. The van der Waals surface area contributed by atoms with Crippen LogP contribution >= 0.6 is 0 Å². The minimum Gasteiger partial charge on any atom is -0.465 e. The van der Waals surface area contributed by atoms with E-state index in [2.05, 4.69) is 0 Å². The average Bonchev–Trinajstić information content (AvgIpc) is 2.79. The zero-order valence-corrected chi connectivity index (χ0v) is 19.1. The van der Waals surface area contributed by atoms with Crippen molar-refractivity contribution in [2.45, 2.75) is 72.2 Å². The fraction of sp³-hybridized carbons (Fsp3) is 0.619. The lowest BCUT2D eigenvalue weighted by molar-refractivity contribution is 0.00578. The van der Waals surface area contributed by atoms with Gasteiger partial charge >= 0.3 is 19.2 Å².